The van der Waals surface area contributed by atoms with Crippen LogP contribution in [0.3, 0.4) is 0 Å². The summed E-state index contributed by atoms with van der Waals surface area (Å²) in [4.78, 5) is 12.6. The van der Waals surface area contributed by atoms with Crippen molar-refractivity contribution in [2.75, 3.05) is 13.2 Å². The molecule has 1 aliphatic heterocycles. The molecule has 20 heavy (non-hydrogen) atoms. The monoisotopic (exact) mass is 295 g/mol. The van der Waals surface area contributed by atoms with Crippen LogP contribution in [0.4, 0.5) is 0 Å². The summed E-state index contributed by atoms with van der Waals surface area (Å²) in [7, 11) is 0. The van der Waals surface area contributed by atoms with E-state index in [0.717, 1.165) is 24.9 Å². The highest BCUT2D eigenvalue weighted by Gasteiger charge is 2.26. The molecule has 1 aromatic carbocycles. The molecule has 1 fully saturated rings. The lowest BCUT2D eigenvalue weighted by atomic mass is 10.0. The second-order valence-corrected chi connectivity index (χ2v) is 6.22. The van der Waals surface area contributed by atoms with Gasteiger partial charge in [-0.1, -0.05) is 25.4 Å². The summed E-state index contributed by atoms with van der Waals surface area (Å²) in [5, 5.41) is 3.85. The van der Waals surface area contributed by atoms with Crippen molar-refractivity contribution < 1.29 is 9.53 Å². The minimum Gasteiger partial charge on any atom is -0.493 e. The Morgan fingerprint density at radius 3 is 2.85 bits per heavy atom. The second kappa shape index (κ2) is 6.59. The molecule has 3 nitrogen and oxygen atoms in total. The van der Waals surface area contributed by atoms with E-state index in [4.69, 9.17) is 16.3 Å². The van der Waals surface area contributed by atoms with Crippen molar-refractivity contribution in [1.82, 2.24) is 5.32 Å². The number of carbonyl (C=O) groups excluding carboxylic acids is 1. The maximum Gasteiger partial charge on any atom is 0.183 e. The minimum absolute atomic E-state index is 0.0863. The SMILES string of the molecule is Cc1cc(OCC(C)C)c(C(=O)C2CCCN2)cc1Cl. The van der Waals surface area contributed by atoms with Gasteiger partial charge in [-0.2, -0.15) is 0 Å². The smallest absolute Gasteiger partial charge is 0.183 e. The van der Waals surface area contributed by atoms with Crippen molar-refractivity contribution in [2.24, 2.45) is 5.92 Å². The van der Waals surface area contributed by atoms with Crippen LogP contribution in [0.2, 0.25) is 5.02 Å². The van der Waals surface area contributed by atoms with E-state index >= 15 is 0 Å². The molecule has 1 saturated heterocycles. The summed E-state index contributed by atoms with van der Waals surface area (Å²) >= 11 is 6.17. The zero-order chi connectivity index (χ0) is 14.7. The number of hydrogen-bond acceptors (Lipinski definition) is 3. The highest BCUT2D eigenvalue weighted by atomic mass is 35.5. The third-order valence-electron chi connectivity index (χ3n) is 3.48. The third kappa shape index (κ3) is 3.53. The van der Waals surface area contributed by atoms with Crippen LogP contribution in [0.25, 0.3) is 0 Å². The predicted molar refractivity (Wildman–Crippen MR) is 81.9 cm³/mol. The van der Waals surface area contributed by atoms with Crippen LogP contribution in [-0.4, -0.2) is 25.0 Å². The lowest BCUT2D eigenvalue weighted by Crippen LogP contribution is -2.31. The molecule has 0 bridgehead atoms. The quantitative estimate of drug-likeness (QED) is 0.843. The van der Waals surface area contributed by atoms with Crippen molar-refractivity contribution in [3.63, 3.8) is 0 Å². The largest absolute Gasteiger partial charge is 0.493 e. The lowest BCUT2D eigenvalue weighted by molar-refractivity contribution is 0.0947. The van der Waals surface area contributed by atoms with Crippen LogP contribution in [0.15, 0.2) is 12.1 Å². The van der Waals surface area contributed by atoms with Crippen LogP contribution in [-0.2, 0) is 0 Å². The van der Waals surface area contributed by atoms with Gasteiger partial charge >= 0.3 is 0 Å². The average molecular weight is 296 g/mol. The summed E-state index contributed by atoms with van der Waals surface area (Å²) in [5.41, 5.74) is 1.53. The van der Waals surface area contributed by atoms with Gasteiger partial charge in [0.2, 0.25) is 0 Å². The number of ether oxygens (including phenoxy) is 1. The van der Waals surface area contributed by atoms with Gasteiger partial charge in [0.15, 0.2) is 5.78 Å². The minimum atomic E-state index is -0.102. The predicted octanol–water partition coefficient (Wildman–Crippen LogP) is 3.62. The van der Waals surface area contributed by atoms with Crippen LogP contribution in [0.5, 0.6) is 5.75 Å². The Kier molecular flexibility index (Phi) is 5.06. The molecule has 0 amide bonds. The molecule has 1 N–H and O–H groups in total. The van der Waals surface area contributed by atoms with E-state index in [1.54, 1.807) is 6.07 Å². The molecule has 0 aliphatic carbocycles. The van der Waals surface area contributed by atoms with E-state index in [1.807, 2.05) is 13.0 Å². The highest BCUT2D eigenvalue weighted by Crippen LogP contribution is 2.29. The van der Waals surface area contributed by atoms with E-state index in [9.17, 15) is 4.79 Å². The summed E-state index contributed by atoms with van der Waals surface area (Å²) in [6, 6.07) is 3.51. The molecule has 0 saturated carbocycles. The van der Waals surface area contributed by atoms with Gasteiger partial charge < -0.3 is 10.1 Å². The van der Waals surface area contributed by atoms with Gasteiger partial charge in [0.05, 0.1) is 18.2 Å². The van der Waals surface area contributed by atoms with Crippen LogP contribution >= 0.6 is 11.6 Å². The molecule has 0 radical (unpaired) electrons. The normalized spacial score (nSPS) is 18.6. The van der Waals surface area contributed by atoms with E-state index in [2.05, 4.69) is 19.2 Å². The molecule has 0 spiro atoms. The van der Waals surface area contributed by atoms with Crippen molar-refractivity contribution in [1.29, 1.82) is 0 Å². The highest BCUT2D eigenvalue weighted by molar-refractivity contribution is 6.31. The van der Waals surface area contributed by atoms with E-state index in [1.165, 1.54) is 0 Å². The number of nitrogens with one attached hydrogen (secondary N) is 1. The Hall–Kier alpha value is -1.06. The van der Waals surface area contributed by atoms with Crippen molar-refractivity contribution in [2.45, 2.75) is 39.7 Å². The number of hydrogen-bond donors (Lipinski definition) is 1. The van der Waals surface area contributed by atoms with Gasteiger partial charge in [-0.05, 0) is 49.9 Å². The fourth-order valence-corrected chi connectivity index (χ4v) is 2.48. The molecule has 1 aliphatic rings. The first kappa shape index (κ1) is 15.3. The Balaban J connectivity index is 2.28. The third-order valence-corrected chi connectivity index (χ3v) is 3.88. The van der Waals surface area contributed by atoms with E-state index in [0.29, 0.717) is 28.9 Å². The standard InChI is InChI=1S/C16H22ClNO2/c1-10(2)9-20-15-7-11(3)13(17)8-12(15)16(19)14-5-4-6-18-14/h7-8,10,14,18H,4-6,9H2,1-3H3. The summed E-state index contributed by atoms with van der Waals surface area (Å²) < 4.78 is 5.81. The van der Waals surface area contributed by atoms with Gasteiger partial charge in [0.1, 0.15) is 5.75 Å². The molecule has 1 heterocycles. The molecule has 1 aromatic rings. The van der Waals surface area contributed by atoms with Gasteiger partial charge in [0, 0.05) is 5.02 Å². The van der Waals surface area contributed by atoms with Crippen molar-refractivity contribution in [3.05, 3.63) is 28.3 Å². The van der Waals surface area contributed by atoms with E-state index in [-0.39, 0.29) is 11.8 Å². The summed E-state index contributed by atoms with van der Waals surface area (Å²) in [5.74, 6) is 1.15. The van der Waals surface area contributed by atoms with E-state index < -0.39 is 0 Å². The maximum atomic E-state index is 12.6. The van der Waals surface area contributed by atoms with Crippen LogP contribution in [0, 0.1) is 12.8 Å². The molecule has 1 atom stereocenters. The number of carbonyl (C=O) groups is 1. The number of halogens is 1. The Bertz CT molecular complexity index is 493. The molecule has 1 unspecified atom stereocenters. The van der Waals surface area contributed by atoms with Gasteiger partial charge in [-0.15, -0.1) is 0 Å². The Morgan fingerprint density at radius 2 is 2.25 bits per heavy atom. The molecular weight excluding hydrogens is 274 g/mol. The van der Waals surface area contributed by atoms with Gasteiger partial charge in [-0.25, -0.2) is 0 Å². The summed E-state index contributed by atoms with van der Waals surface area (Å²) in [6.45, 7) is 7.59. The fourth-order valence-electron chi connectivity index (χ4n) is 2.32. The number of ketones is 1. The first-order chi connectivity index (χ1) is 9.49. The number of rotatable bonds is 5. The molecular formula is C16H22ClNO2. The first-order valence-corrected chi connectivity index (χ1v) is 7.57. The van der Waals surface area contributed by atoms with Crippen molar-refractivity contribution >= 4 is 17.4 Å². The van der Waals surface area contributed by atoms with Gasteiger partial charge in [-0.3, -0.25) is 4.79 Å². The zero-order valence-corrected chi connectivity index (χ0v) is 13.1. The average Bonchev–Trinajstić information content (AvgIpc) is 2.92. The molecule has 110 valence electrons. The number of Topliss-reactive ketones (excluding diaryl/α,β-unsaturated/α-hetero) is 1. The number of benzene rings is 1. The maximum absolute atomic E-state index is 12.6. The van der Waals surface area contributed by atoms with Crippen molar-refractivity contribution in [3.8, 4) is 5.75 Å². The Morgan fingerprint density at radius 1 is 1.50 bits per heavy atom. The first-order valence-electron chi connectivity index (χ1n) is 7.19. The second-order valence-electron chi connectivity index (χ2n) is 5.82. The molecule has 4 heteroatoms. The number of aryl methyl sites for hydroxylation is 1. The van der Waals surface area contributed by atoms with Gasteiger partial charge in [0.25, 0.3) is 0 Å². The van der Waals surface area contributed by atoms with Crippen LogP contribution in [0.1, 0.15) is 42.6 Å². The Labute approximate surface area is 125 Å². The molecule has 2 rings (SSSR count). The topological polar surface area (TPSA) is 38.3 Å². The zero-order valence-electron chi connectivity index (χ0n) is 12.3. The lowest BCUT2D eigenvalue weighted by Gasteiger charge is -2.16. The fraction of sp³-hybridized carbons (Fsp3) is 0.562. The van der Waals surface area contributed by atoms with Crippen LogP contribution < -0.4 is 10.1 Å². The summed E-state index contributed by atoms with van der Waals surface area (Å²) in [6.07, 6.45) is 1.92. The molecule has 0 aromatic heterocycles.